The van der Waals surface area contributed by atoms with E-state index in [9.17, 15) is 14.4 Å². The molecule has 0 aliphatic carbocycles. The summed E-state index contributed by atoms with van der Waals surface area (Å²) in [7, 11) is 0. The van der Waals surface area contributed by atoms with Crippen LogP contribution in [0.1, 0.15) is 361 Å². The number of carbonyl (C=O) groups excluding carboxylic acids is 3. The van der Waals surface area contributed by atoms with Crippen molar-refractivity contribution in [2.75, 3.05) is 13.2 Å². The quantitative estimate of drug-likeness (QED) is 0.0343. The number of carbonyl (C=O) groups is 3. The van der Waals surface area contributed by atoms with Crippen LogP contribution in [0.5, 0.6) is 0 Å². The summed E-state index contributed by atoms with van der Waals surface area (Å²) in [6, 6.07) is 0. The highest BCUT2D eigenvalue weighted by molar-refractivity contribution is 5.71. The van der Waals surface area contributed by atoms with Crippen molar-refractivity contribution >= 4 is 17.9 Å². The fraction of sp³-hybridized carbons (Fsp3) is 0.952. The van der Waals surface area contributed by atoms with E-state index in [4.69, 9.17) is 14.2 Å². The van der Waals surface area contributed by atoms with Crippen molar-refractivity contribution in [3.8, 4) is 0 Å². The molecule has 6 heteroatoms. The van der Waals surface area contributed by atoms with E-state index in [0.717, 1.165) is 57.8 Å². The lowest BCUT2D eigenvalue weighted by Crippen LogP contribution is -2.30. The summed E-state index contributed by atoms with van der Waals surface area (Å²) >= 11 is 0. The average Bonchev–Trinajstić information content (AvgIpc) is 3.34. The summed E-state index contributed by atoms with van der Waals surface area (Å²) in [6.45, 7) is 6.72. The van der Waals surface area contributed by atoms with Gasteiger partial charge in [0.1, 0.15) is 13.2 Å². The lowest BCUT2D eigenvalue weighted by atomic mass is 10.0. The van der Waals surface area contributed by atoms with Crippen LogP contribution in [0.2, 0.25) is 0 Å². The van der Waals surface area contributed by atoms with Gasteiger partial charge < -0.3 is 14.2 Å². The zero-order chi connectivity index (χ0) is 49.3. The van der Waals surface area contributed by atoms with Gasteiger partial charge in [0.25, 0.3) is 0 Å². The Balaban J connectivity index is 4.27. The van der Waals surface area contributed by atoms with Gasteiger partial charge in [0.15, 0.2) is 6.10 Å². The van der Waals surface area contributed by atoms with Crippen LogP contribution < -0.4 is 0 Å². The normalized spacial score (nSPS) is 11.9. The van der Waals surface area contributed by atoms with Crippen LogP contribution in [0.15, 0.2) is 0 Å². The summed E-state index contributed by atoms with van der Waals surface area (Å²) in [5.41, 5.74) is 0. The Morgan fingerprint density at radius 2 is 0.397 bits per heavy atom. The average molecular weight is 962 g/mol. The highest BCUT2D eigenvalue weighted by Crippen LogP contribution is 2.18. The fourth-order valence-electron chi connectivity index (χ4n) is 9.68. The maximum atomic E-state index is 12.9. The van der Waals surface area contributed by atoms with Gasteiger partial charge in [0.2, 0.25) is 0 Å². The molecule has 0 fully saturated rings. The Bertz CT molecular complexity index is 1010. The molecule has 0 heterocycles. The molecule has 1 unspecified atom stereocenters. The van der Waals surface area contributed by atoms with E-state index in [-0.39, 0.29) is 31.1 Å². The third-order valence-electron chi connectivity index (χ3n) is 14.4. The molecule has 0 aliphatic heterocycles. The van der Waals surface area contributed by atoms with E-state index >= 15 is 0 Å². The van der Waals surface area contributed by atoms with Gasteiger partial charge in [-0.2, -0.15) is 0 Å². The third-order valence-corrected chi connectivity index (χ3v) is 14.4. The van der Waals surface area contributed by atoms with E-state index in [1.54, 1.807) is 0 Å². The number of esters is 3. The molecule has 0 N–H and O–H groups in total. The van der Waals surface area contributed by atoms with E-state index in [0.29, 0.717) is 19.3 Å². The first-order valence-electron chi connectivity index (χ1n) is 31.0. The fourth-order valence-corrected chi connectivity index (χ4v) is 9.68. The standard InChI is InChI=1S/C62H120O6/c1-4-7-10-13-16-19-22-25-28-30-32-34-37-40-43-46-49-52-55-61(64)67-58-59(57-66-60(63)54-51-48-45-42-39-36-27-24-21-18-15-12-9-6-3)68-62(65)56-53-50-47-44-41-38-35-33-31-29-26-23-20-17-14-11-8-5-2/h59H,4-58H2,1-3H3. The van der Waals surface area contributed by atoms with E-state index < -0.39 is 6.10 Å². The van der Waals surface area contributed by atoms with E-state index in [1.807, 2.05) is 0 Å². The molecule has 0 bridgehead atoms. The second-order valence-electron chi connectivity index (χ2n) is 21.3. The zero-order valence-electron chi connectivity index (χ0n) is 46.4. The van der Waals surface area contributed by atoms with Gasteiger partial charge in [-0.05, 0) is 19.3 Å². The highest BCUT2D eigenvalue weighted by Gasteiger charge is 2.19. The van der Waals surface area contributed by atoms with Gasteiger partial charge in [-0.25, -0.2) is 0 Å². The number of hydrogen-bond donors (Lipinski definition) is 0. The maximum absolute atomic E-state index is 12.9. The minimum Gasteiger partial charge on any atom is -0.462 e. The number of ether oxygens (including phenoxy) is 3. The first-order valence-corrected chi connectivity index (χ1v) is 31.0. The van der Waals surface area contributed by atoms with Crippen LogP contribution in [-0.2, 0) is 28.6 Å². The monoisotopic (exact) mass is 961 g/mol. The largest absolute Gasteiger partial charge is 0.462 e. The summed E-state index contributed by atoms with van der Waals surface area (Å²) < 4.78 is 16.9. The topological polar surface area (TPSA) is 78.9 Å². The summed E-state index contributed by atoms with van der Waals surface area (Å²) in [6.07, 6.45) is 65.3. The SMILES string of the molecule is CCCCCCCCCCCCCCCCCCCCC(=O)OCC(COC(=O)CCCCCCCCCCCCCCCC)OC(=O)CCCCCCCCCCCCCCCCCCCC. The molecule has 0 rings (SSSR count). The Morgan fingerprint density at radius 3 is 0.588 bits per heavy atom. The molecule has 1 atom stereocenters. The smallest absolute Gasteiger partial charge is 0.306 e. The summed E-state index contributed by atoms with van der Waals surface area (Å²) in [5.74, 6) is -0.826. The predicted molar refractivity (Wildman–Crippen MR) is 294 cm³/mol. The van der Waals surface area contributed by atoms with Crippen molar-refractivity contribution < 1.29 is 28.6 Å². The third kappa shape index (κ3) is 55.3. The van der Waals surface area contributed by atoms with Crippen molar-refractivity contribution in [3.05, 3.63) is 0 Å². The molecule has 0 aromatic rings. The molecule has 0 aromatic heterocycles. The summed E-state index contributed by atoms with van der Waals surface area (Å²) in [5, 5.41) is 0. The second kappa shape index (κ2) is 58.0. The highest BCUT2D eigenvalue weighted by atomic mass is 16.6. The predicted octanol–water partition coefficient (Wildman–Crippen LogP) is 20.7. The lowest BCUT2D eigenvalue weighted by Gasteiger charge is -2.18. The van der Waals surface area contributed by atoms with Crippen molar-refractivity contribution in [2.24, 2.45) is 0 Å². The maximum Gasteiger partial charge on any atom is 0.306 e. The summed E-state index contributed by atoms with van der Waals surface area (Å²) in [4.78, 5) is 38.2. The van der Waals surface area contributed by atoms with Gasteiger partial charge in [0, 0.05) is 19.3 Å². The number of rotatable bonds is 58. The molecular formula is C62H120O6. The van der Waals surface area contributed by atoms with Crippen LogP contribution >= 0.6 is 0 Å². The van der Waals surface area contributed by atoms with Crippen LogP contribution in [0.25, 0.3) is 0 Å². The minimum absolute atomic E-state index is 0.0606. The molecule has 0 saturated carbocycles. The Labute approximate surface area is 425 Å². The molecule has 0 amide bonds. The molecule has 6 nitrogen and oxygen atoms in total. The van der Waals surface area contributed by atoms with Crippen LogP contribution in [0.4, 0.5) is 0 Å². The lowest BCUT2D eigenvalue weighted by molar-refractivity contribution is -0.167. The van der Waals surface area contributed by atoms with Gasteiger partial charge in [-0.3, -0.25) is 14.4 Å². The molecular weight excluding hydrogens is 841 g/mol. The molecule has 0 spiro atoms. The van der Waals surface area contributed by atoms with Crippen LogP contribution in [0, 0.1) is 0 Å². The van der Waals surface area contributed by atoms with Gasteiger partial charge >= 0.3 is 17.9 Å². The molecule has 0 aromatic carbocycles. The molecule has 0 radical (unpaired) electrons. The second-order valence-corrected chi connectivity index (χ2v) is 21.3. The molecule has 0 aliphatic rings. The van der Waals surface area contributed by atoms with Gasteiger partial charge in [0.05, 0.1) is 0 Å². The first kappa shape index (κ1) is 66.4. The Hall–Kier alpha value is -1.59. The Morgan fingerprint density at radius 1 is 0.235 bits per heavy atom. The number of hydrogen-bond acceptors (Lipinski definition) is 6. The first-order chi connectivity index (χ1) is 33.5. The van der Waals surface area contributed by atoms with Crippen molar-refractivity contribution in [3.63, 3.8) is 0 Å². The van der Waals surface area contributed by atoms with Crippen LogP contribution in [0.3, 0.4) is 0 Å². The van der Waals surface area contributed by atoms with E-state index in [2.05, 4.69) is 20.8 Å². The molecule has 404 valence electrons. The van der Waals surface area contributed by atoms with Gasteiger partial charge in [-0.15, -0.1) is 0 Å². The number of unbranched alkanes of at least 4 members (excludes halogenated alkanes) is 47. The minimum atomic E-state index is -0.761. The molecule has 0 saturated heterocycles. The van der Waals surface area contributed by atoms with Gasteiger partial charge in [-0.1, -0.05) is 323 Å². The Kier molecular flexibility index (Phi) is 56.6. The zero-order valence-corrected chi connectivity index (χ0v) is 46.4. The molecule has 68 heavy (non-hydrogen) atoms. The van der Waals surface area contributed by atoms with E-state index in [1.165, 1.54) is 263 Å². The van der Waals surface area contributed by atoms with Crippen molar-refractivity contribution in [2.45, 2.75) is 367 Å². The van der Waals surface area contributed by atoms with Crippen molar-refractivity contribution in [1.82, 2.24) is 0 Å². The van der Waals surface area contributed by atoms with Crippen LogP contribution in [-0.4, -0.2) is 37.2 Å². The van der Waals surface area contributed by atoms with Crippen molar-refractivity contribution in [1.29, 1.82) is 0 Å².